The number of rotatable bonds is 7. The Kier molecular flexibility index (Phi) is 5.53. The molecule has 1 unspecified atom stereocenters. The second kappa shape index (κ2) is 7.38. The number of nitrogens with zero attached hydrogens (tertiary/aromatic N) is 2. The molecule has 4 nitrogen and oxygen atoms in total. The number of aromatic nitrogens is 1. The molecule has 0 amide bonds. The van der Waals surface area contributed by atoms with Crippen LogP contribution >= 0.6 is 0 Å². The Morgan fingerprint density at radius 3 is 2.43 bits per heavy atom. The number of aliphatic hydroxyl groups is 1. The third-order valence-electron chi connectivity index (χ3n) is 3.70. The molecule has 0 spiro atoms. The normalized spacial score (nSPS) is 13.0. The summed E-state index contributed by atoms with van der Waals surface area (Å²) in [6.07, 6.45) is 0. The molecule has 2 aromatic rings. The molecule has 1 aromatic heterocycles. The van der Waals surface area contributed by atoms with Crippen LogP contribution in [-0.4, -0.2) is 27.8 Å². The summed E-state index contributed by atoms with van der Waals surface area (Å²) in [4.78, 5) is 2.26. The molecule has 2 rings (SSSR count). The number of benzene rings is 1. The van der Waals surface area contributed by atoms with Gasteiger partial charge in [0.15, 0.2) is 0 Å². The van der Waals surface area contributed by atoms with Crippen molar-refractivity contribution < 1.29 is 9.63 Å². The van der Waals surface area contributed by atoms with E-state index in [4.69, 9.17) is 4.52 Å². The van der Waals surface area contributed by atoms with E-state index >= 15 is 0 Å². The summed E-state index contributed by atoms with van der Waals surface area (Å²) < 4.78 is 5.15. The minimum atomic E-state index is 0.0993. The van der Waals surface area contributed by atoms with Crippen molar-refractivity contribution in [2.24, 2.45) is 5.92 Å². The smallest absolute Gasteiger partial charge is 0.133 e. The van der Waals surface area contributed by atoms with Gasteiger partial charge in [-0.05, 0) is 18.4 Å². The molecular formula is C17H24N2O2. The highest BCUT2D eigenvalue weighted by Gasteiger charge is 2.22. The van der Waals surface area contributed by atoms with Crippen molar-refractivity contribution in [3.63, 3.8) is 0 Å². The van der Waals surface area contributed by atoms with Gasteiger partial charge >= 0.3 is 0 Å². The van der Waals surface area contributed by atoms with Crippen molar-refractivity contribution in [3.05, 3.63) is 53.4 Å². The largest absolute Gasteiger partial charge is 0.395 e. The van der Waals surface area contributed by atoms with Crippen LogP contribution in [0, 0.1) is 12.8 Å². The van der Waals surface area contributed by atoms with Crippen molar-refractivity contribution in [1.82, 2.24) is 10.1 Å². The standard InChI is InChI=1S/C17H24N2O2/c1-13(2)17(12-20)19(10-15-7-5-4-6-8-15)11-16-9-14(3)21-18-16/h4-9,13,17,20H,10-12H2,1-3H3. The summed E-state index contributed by atoms with van der Waals surface area (Å²) in [7, 11) is 0. The van der Waals surface area contributed by atoms with Gasteiger partial charge in [-0.2, -0.15) is 0 Å². The average molecular weight is 288 g/mol. The molecule has 0 fully saturated rings. The van der Waals surface area contributed by atoms with E-state index < -0.39 is 0 Å². The van der Waals surface area contributed by atoms with Gasteiger partial charge < -0.3 is 9.63 Å². The number of aryl methyl sites for hydroxylation is 1. The molecule has 0 saturated heterocycles. The molecule has 0 aliphatic carbocycles. The lowest BCUT2D eigenvalue weighted by Gasteiger charge is -2.32. The van der Waals surface area contributed by atoms with Crippen LogP contribution in [0.3, 0.4) is 0 Å². The summed E-state index contributed by atoms with van der Waals surface area (Å²) in [5.41, 5.74) is 2.14. The van der Waals surface area contributed by atoms with Crippen molar-refractivity contribution in [3.8, 4) is 0 Å². The van der Waals surface area contributed by atoms with Gasteiger partial charge in [0.05, 0.1) is 12.3 Å². The summed E-state index contributed by atoms with van der Waals surface area (Å²) in [5, 5.41) is 13.8. The lowest BCUT2D eigenvalue weighted by atomic mass is 10.0. The predicted octanol–water partition coefficient (Wildman–Crippen LogP) is 3.00. The van der Waals surface area contributed by atoms with Crippen LogP contribution in [0.5, 0.6) is 0 Å². The van der Waals surface area contributed by atoms with Crippen molar-refractivity contribution in [2.45, 2.75) is 39.9 Å². The van der Waals surface area contributed by atoms with Gasteiger partial charge in [0.2, 0.25) is 0 Å². The molecule has 114 valence electrons. The van der Waals surface area contributed by atoms with Crippen LogP contribution < -0.4 is 0 Å². The average Bonchev–Trinajstić information content (AvgIpc) is 2.85. The highest BCUT2D eigenvalue weighted by atomic mass is 16.5. The summed E-state index contributed by atoms with van der Waals surface area (Å²) in [6, 6.07) is 12.4. The Bertz CT molecular complexity index is 537. The quantitative estimate of drug-likeness (QED) is 0.851. The van der Waals surface area contributed by atoms with Crippen molar-refractivity contribution >= 4 is 0 Å². The Labute approximate surface area is 126 Å². The first-order chi connectivity index (χ1) is 10.1. The molecule has 0 radical (unpaired) electrons. The molecule has 4 heteroatoms. The molecule has 0 bridgehead atoms. The maximum Gasteiger partial charge on any atom is 0.133 e. The van der Waals surface area contributed by atoms with Gasteiger partial charge in [-0.15, -0.1) is 0 Å². The zero-order chi connectivity index (χ0) is 15.2. The fraction of sp³-hybridized carbons (Fsp3) is 0.471. The van der Waals surface area contributed by atoms with Crippen LogP contribution in [-0.2, 0) is 13.1 Å². The molecule has 21 heavy (non-hydrogen) atoms. The topological polar surface area (TPSA) is 49.5 Å². The maximum atomic E-state index is 9.74. The van der Waals surface area contributed by atoms with E-state index in [9.17, 15) is 5.11 Å². The molecule has 1 atom stereocenters. The lowest BCUT2D eigenvalue weighted by Crippen LogP contribution is -2.40. The highest BCUT2D eigenvalue weighted by molar-refractivity contribution is 5.15. The predicted molar refractivity (Wildman–Crippen MR) is 82.6 cm³/mol. The molecule has 1 aromatic carbocycles. The number of aliphatic hydroxyl groups excluding tert-OH is 1. The third-order valence-corrected chi connectivity index (χ3v) is 3.70. The first-order valence-corrected chi connectivity index (χ1v) is 7.41. The van der Waals surface area contributed by atoms with Gasteiger partial charge in [0.25, 0.3) is 0 Å². The Morgan fingerprint density at radius 1 is 1.19 bits per heavy atom. The van der Waals surface area contributed by atoms with Crippen LogP contribution in [0.1, 0.15) is 30.9 Å². The van der Waals surface area contributed by atoms with Crippen LogP contribution in [0.2, 0.25) is 0 Å². The first kappa shape index (κ1) is 15.7. The number of hydrogen-bond donors (Lipinski definition) is 1. The van der Waals surface area contributed by atoms with Gasteiger partial charge in [-0.1, -0.05) is 49.3 Å². The van der Waals surface area contributed by atoms with E-state index in [2.05, 4.69) is 36.0 Å². The van der Waals surface area contributed by atoms with E-state index in [-0.39, 0.29) is 12.6 Å². The Balaban J connectivity index is 2.16. The fourth-order valence-corrected chi connectivity index (χ4v) is 2.56. The van der Waals surface area contributed by atoms with Gasteiger partial charge in [0, 0.05) is 25.2 Å². The van der Waals surface area contributed by atoms with E-state index in [1.165, 1.54) is 5.56 Å². The fourth-order valence-electron chi connectivity index (χ4n) is 2.56. The molecule has 0 aliphatic rings. The van der Waals surface area contributed by atoms with Crippen LogP contribution in [0.4, 0.5) is 0 Å². The van der Waals surface area contributed by atoms with E-state index in [1.54, 1.807) is 0 Å². The number of hydrogen-bond acceptors (Lipinski definition) is 4. The summed E-state index contributed by atoms with van der Waals surface area (Å²) in [6.45, 7) is 7.76. The zero-order valence-corrected chi connectivity index (χ0v) is 13.0. The van der Waals surface area contributed by atoms with Crippen LogP contribution in [0.25, 0.3) is 0 Å². The lowest BCUT2D eigenvalue weighted by molar-refractivity contribution is 0.0765. The molecule has 0 aliphatic heterocycles. The summed E-state index contributed by atoms with van der Waals surface area (Å²) >= 11 is 0. The second-order valence-electron chi connectivity index (χ2n) is 5.81. The second-order valence-corrected chi connectivity index (χ2v) is 5.81. The molecular weight excluding hydrogens is 264 g/mol. The van der Waals surface area contributed by atoms with E-state index in [0.29, 0.717) is 12.5 Å². The zero-order valence-electron chi connectivity index (χ0n) is 13.0. The van der Waals surface area contributed by atoms with E-state index in [0.717, 1.165) is 18.0 Å². The van der Waals surface area contributed by atoms with Gasteiger partial charge in [-0.3, -0.25) is 4.90 Å². The first-order valence-electron chi connectivity index (χ1n) is 7.41. The van der Waals surface area contributed by atoms with E-state index in [1.807, 2.05) is 31.2 Å². The maximum absolute atomic E-state index is 9.74. The SMILES string of the molecule is Cc1cc(CN(Cc2ccccc2)C(CO)C(C)C)no1. The third kappa shape index (κ3) is 4.41. The highest BCUT2D eigenvalue weighted by Crippen LogP contribution is 2.18. The van der Waals surface area contributed by atoms with Crippen LogP contribution in [0.15, 0.2) is 40.9 Å². The minimum Gasteiger partial charge on any atom is -0.395 e. The van der Waals surface area contributed by atoms with Gasteiger partial charge in [-0.25, -0.2) is 0 Å². The molecule has 1 N–H and O–H groups in total. The Hall–Kier alpha value is -1.65. The van der Waals surface area contributed by atoms with Gasteiger partial charge in [0.1, 0.15) is 5.76 Å². The van der Waals surface area contributed by atoms with Crippen molar-refractivity contribution in [1.29, 1.82) is 0 Å². The minimum absolute atomic E-state index is 0.0993. The monoisotopic (exact) mass is 288 g/mol. The summed E-state index contributed by atoms with van der Waals surface area (Å²) in [5.74, 6) is 1.18. The Morgan fingerprint density at radius 2 is 1.90 bits per heavy atom. The molecule has 1 heterocycles. The molecule has 0 saturated carbocycles. The van der Waals surface area contributed by atoms with Crippen molar-refractivity contribution in [2.75, 3.05) is 6.61 Å².